The molecule has 2 aromatic rings. The summed E-state index contributed by atoms with van der Waals surface area (Å²) in [4.78, 5) is 12.4. The quantitative estimate of drug-likeness (QED) is 0.451. The van der Waals surface area contributed by atoms with E-state index in [0.29, 0.717) is 40.9 Å². The summed E-state index contributed by atoms with van der Waals surface area (Å²) in [7, 11) is 1.75. The van der Waals surface area contributed by atoms with Crippen molar-refractivity contribution in [1.29, 1.82) is 0 Å². The molecular formula is C18H23Cl2N5O3S. The van der Waals surface area contributed by atoms with Gasteiger partial charge in [0.05, 0.1) is 16.9 Å². The second-order valence-electron chi connectivity index (χ2n) is 5.64. The van der Waals surface area contributed by atoms with Crippen LogP contribution in [-0.4, -0.2) is 50.5 Å². The summed E-state index contributed by atoms with van der Waals surface area (Å²) >= 11 is 13.1. The first kappa shape index (κ1) is 23.5. The van der Waals surface area contributed by atoms with E-state index in [1.165, 1.54) is 6.20 Å². The van der Waals surface area contributed by atoms with E-state index in [-0.39, 0.29) is 5.71 Å². The molecule has 1 aliphatic rings. The fourth-order valence-corrected chi connectivity index (χ4v) is 3.67. The number of nitrogens with two attached hydrogens (primary N) is 1. The fourth-order valence-electron chi connectivity index (χ4n) is 2.52. The number of benzene rings is 1. The number of nitrogens with one attached hydrogen (secondary N) is 1. The van der Waals surface area contributed by atoms with Gasteiger partial charge in [-0.3, -0.25) is 9.48 Å². The van der Waals surface area contributed by atoms with Gasteiger partial charge < -0.3 is 20.9 Å². The zero-order valence-electron chi connectivity index (χ0n) is 16.2. The smallest absolute Gasteiger partial charge is 0.273 e. The second-order valence-corrected chi connectivity index (χ2v) is 7.68. The third kappa shape index (κ3) is 5.43. The van der Waals surface area contributed by atoms with Crippen LogP contribution in [0.15, 0.2) is 28.8 Å². The van der Waals surface area contributed by atoms with Crippen molar-refractivity contribution in [3.05, 3.63) is 29.4 Å². The summed E-state index contributed by atoms with van der Waals surface area (Å²) in [6.45, 7) is 4.68. The maximum atomic E-state index is 12.4. The number of rotatable bonds is 6. The van der Waals surface area contributed by atoms with Gasteiger partial charge in [0.2, 0.25) is 0 Å². The lowest BCUT2D eigenvalue weighted by Gasteiger charge is -2.15. The third-order valence-electron chi connectivity index (χ3n) is 3.77. The molecule has 2 unspecified atom stereocenters. The highest BCUT2D eigenvalue weighted by molar-refractivity contribution is 8.00. The zero-order valence-corrected chi connectivity index (χ0v) is 18.6. The van der Waals surface area contributed by atoms with E-state index in [1.807, 2.05) is 13.8 Å². The molecule has 11 heteroatoms. The van der Waals surface area contributed by atoms with Crippen LogP contribution >= 0.6 is 35.1 Å². The number of carbonyl (C=O) groups excluding carboxylic acids is 1. The molecule has 1 aliphatic heterocycles. The van der Waals surface area contributed by atoms with E-state index in [4.69, 9.17) is 33.7 Å². The Morgan fingerprint density at radius 2 is 2.17 bits per heavy atom. The van der Waals surface area contributed by atoms with Crippen molar-refractivity contribution in [1.82, 2.24) is 9.78 Å². The maximum absolute atomic E-state index is 12.4. The molecule has 0 fully saturated rings. The van der Waals surface area contributed by atoms with Gasteiger partial charge in [-0.15, -0.1) is 11.6 Å². The summed E-state index contributed by atoms with van der Waals surface area (Å²) in [6, 6.07) is 5.08. The molecule has 1 amide bonds. The predicted molar refractivity (Wildman–Crippen MR) is 119 cm³/mol. The molecule has 8 nitrogen and oxygen atoms in total. The molecule has 0 saturated carbocycles. The largest absolute Gasteiger partial charge is 0.492 e. The predicted octanol–water partition coefficient (Wildman–Crippen LogP) is 3.07. The Hall–Kier alpha value is -1.78. The summed E-state index contributed by atoms with van der Waals surface area (Å²) in [6.07, 6.45) is 0.394. The van der Waals surface area contributed by atoms with Gasteiger partial charge in [0.25, 0.3) is 5.91 Å². The molecule has 29 heavy (non-hydrogen) atoms. The molecule has 2 atom stereocenters. The highest BCUT2D eigenvalue weighted by Crippen LogP contribution is 2.37. The second kappa shape index (κ2) is 10.8. The lowest BCUT2D eigenvalue weighted by Crippen LogP contribution is -2.34. The molecule has 0 radical (unpaired) electrons. The van der Waals surface area contributed by atoms with Crippen molar-refractivity contribution in [2.45, 2.75) is 24.7 Å². The summed E-state index contributed by atoms with van der Waals surface area (Å²) in [5.41, 5.74) is 7.25. The molecule has 158 valence electrons. The third-order valence-corrected chi connectivity index (χ3v) is 5.29. The molecule has 2 heterocycles. The Morgan fingerprint density at radius 3 is 2.72 bits per heavy atom. The van der Waals surface area contributed by atoms with Crippen LogP contribution < -0.4 is 15.8 Å². The average molecular weight is 460 g/mol. The molecule has 0 aliphatic carbocycles. The van der Waals surface area contributed by atoms with Crippen LogP contribution in [-0.2, 0) is 11.8 Å². The number of carbonyl (C=O) groups is 1. The maximum Gasteiger partial charge on any atom is 0.273 e. The summed E-state index contributed by atoms with van der Waals surface area (Å²) < 4.78 is 10.5. The monoisotopic (exact) mass is 459 g/mol. The van der Waals surface area contributed by atoms with Crippen molar-refractivity contribution in [2.75, 3.05) is 18.5 Å². The molecule has 0 saturated heterocycles. The van der Waals surface area contributed by atoms with Gasteiger partial charge in [-0.05, 0) is 30.1 Å². The van der Waals surface area contributed by atoms with E-state index in [0.717, 1.165) is 11.9 Å². The molecule has 0 bridgehead atoms. The van der Waals surface area contributed by atoms with E-state index in [2.05, 4.69) is 14.8 Å². The van der Waals surface area contributed by atoms with E-state index in [1.54, 1.807) is 29.9 Å². The number of aromatic nitrogens is 2. The standard InChI is InChI=1S/C16H17Cl2N5O3S.C2H6/c1-23-13(10(17)7-20-23)9-6-8(2-3-11(9)26-5-4-19)21-16(25)12-14(24)15(18)27-22-12;1-2/h2-3,6-7,14-15,24H,4-5,19H2,1H3,(H,21,25);1-2H3. The van der Waals surface area contributed by atoms with E-state index < -0.39 is 16.7 Å². The Bertz CT molecular complexity index is 871. The Balaban J connectivity index is 0.00000145. The summed E-state index contributed by atoms with van der Waals surface area (Å²) in [5, 5.41) is 17.2. The van der Waals surface area contributed by atoms with Crippen LogP contribution in [0.4, 0.5) is 5.69 Å². The van der Waals surface area contributed by atoms with Gasteiger partial charge in [0, 0.05) is 24.8 Å². The van der Waals surface area contributed by atoms with Crippen LogP contribution in [0, 0.1) is 0 Å². The Morgan fingerprint density at radius 1 is 1.45 bits per heavy atom. The SMILES string of the molecule is CC.Cn1ncc(Cl)c1-c1cc(NC(=O)C2=NSC(Cl)C2O)ccc1OCCN. The van der Waals surface area contributed by atoms with Gasteiger partial charge in [-0.2, -0.15) is 5.10 Å². The highest BCUT2D eigenvalue weighted by atomic mass is 35.5. The van der Waals surface area contributed by atoms with Crippen LogP contribution in [0.1, 0.15) is 13.8 Å². The Kier molecular flexibility index (Phi) is 8.79. The number of aliphatic hydroxyl groups is 1. The fraction of sp³-hybridized carbons (Fsp3) is 0.389. The van der Waals surface area contributed by atoms with Crippen LogP contribution in [0.3, 0.4) is 0 Å². The Labute approximate surface area is 183 Å². The van der Waals surface area contributed by atoms with Crippen LogP contribution in [0.2, 0.25) is 5.02 Å². The first-order valence-electron chi connectivity index (χ1n) is 8.94. The molecule has 1 aromatic carbocycles. The van der Waals surface area contributed by atoms with Crippen molar-refractivity contribution in [2.24, 2.45) is 17.2 Å². The molecular weight excluding hydrogens is 437 g/mol. The average Bonchev–Trinajstić information content (AvgIpc) is 3.23. The van der Waals surface area contributed by atoms with Crippen molar-refractivity contribution >= 4 is 52.5 Å². The number of hydrogen-bond acceptors (Lipinski definition) is 7. The summed E-state index contributed by atoms with van der Waals surface area (Å²) in [5.74, 6) is 0.0226. The number of nitrogens with zero attached hydrogens (tertiary/aromatic N) is 3. The van der Waals surface area contributed by atoms with Gasteiger partial charge in [0.1, 0.15) is 28.9 Å². The zero-order chi connectivity index (χ0) is 21.6. The lowest BCUT2D eigenvalue weighted by atomic mass is 10.1. The number of amides is 1. The van der Waals surface area contributed by atoms with Crippen molar-refractivity contribution < 1.29 is 14.6 Å². The van der Waals surface area contributed by atoms with Gasteiger partial charge in [0.15, 0.2) is 0 Å². The molecule has 0 spiro atoms. The van der Waals surface area contributed by atoms with E-state index >= 15 is 0 Å². The minimum Gasteiger partial charge on any atom is -0.492 e. The van der Waals surface area contributed by atoms with Crippen LogP contribution in [0.25, 0.3) is 11.3 Å². The van der Waals surface area contributed by atoms with Crippen molar-refractivity contribution in [3.8, 4) is 17.0 Å². The number of aliphatic hydroxyl groups excluding tert-OH is 1. The molecule has 3 rings (SSSR count). The number of hydrogen-bond donors (Lipinski definition) is 3. The topological polar surface area (TPSA) is 115 Å². The number of ether oxygens (including phenoxy) is 1. The molecule has 1 aromatic heterocycles. The first-order chi connectivity index (χ1) is 13.9. The van der Waals surface area contributed by atoms with Crippen molar-refractivity contribution in [3.63, 3.8) is 0 Å². The van der Waals surface area contributed by atoms with E-state index in [9.17, 15) is 9.90 Å². The minimum absolute atomic E-state index is 0.0245. The number of aryl methyl sites for hydroxylation is 1. The first-order valence-corrected chi connectivity index (χ1v) is 10.6. The number of halogens is 2. The number of alkyl halides is 1. The minimum atomic E-state index is -1.13. The van der Waals surface area contributed by atoms with Crippen LogP contribution in [0.5, 0.6) is 5.75 Å². The van der Waals surface area contributed by atoms with Gasteiger partial charge in [-0.25, -0.2) is 4.40 Å². The normalized spacial score (nSPS) is 18.0. The lowest BCUT2D eigenvalue weighted by molar-refractivity contribution is -0.110. The molecule has 4 N–H and O–H groups in total. The van der Waals surface area contributed by atoms with Gasteiger partial charge >= 0.3 is 0 Å². The van der Waals surface area contributed by atoms with Gasteiger partial charge in [-0.1, -0.05) is 25.4 Å². The highest BCUT2D eigenvalue weighted by Gasteiger charge is 2.34. The number of anilines is 1.